The van der Waals surface area contributed by atoms with Crippen molar-refractivity contribution >= 4 is 17.6 Å². The topological polar surface area (TPSA) is 91.4 Å². The van der Waals surface area contributed by atoms with Gasteiger partial charge in [0.25, 0.3) is 0 Å². The van der Waals surface area contributed by atoms with E-state index in [2.05, 4.69) is 5.32 Å². The lowest BCUT2D eigenvalue weighted by atomic mass is 10.3. The lowest BCUT2D eigenvalue weighted by Crippen LogP contribution is -2.33. The second-order valence-electron chi connectivity index (χ2n) is 3.83. The number of amides is 2. The highest BCUT2D eigenvalue weighted by Gasteiger charge is 2.11. The predicted octanol–water partition coefficient (Wildman–Crippen LogP) is 1.48. The van der Waals surface area contributed by atoms with Crippen molar-refractivity contribution in [3.8, 4) is 5.75 Å². The minimum absolute atomic E-state index is 0.0620. The Morgan fingerprint density at radius 2 is 2.17 bits per heavy atom. The Bertz CT molecular complexity index is 434. The summed E-state index contributed by atoms with van der Waals surface area (Å²) in [4.78, 5) is 13.3. The number of carbonyl (C=O) groups is 1. The summed E-state index contributed by atoms with van der Waals surface area (Å²) in [5.41, 5.74) is 5.85. The van der Waals surface area contributed by atoms with Crippen LogP contribution in [0.4, 0.5) is 10.5 Å². The van der Waals surface area contributed by atoms with E-state index in [-0.39, 0.29) is 11.9 Å². The number of urea groups is 1. The van der Waals surface area contributed by atoms with Crippen molar-refractivity contribution in [2.75, 3.05) is 26.0 Å². The fourth-order valence-electron chi connectivity index (χ4n) is 1.35. The highest BCUT2D eigenvalue weighted by Crippen LogP contribution is 2.23. The fourth-order valence-corrected chi connectivity index (χ4v) is 1.35. The van der Waals surface area contributed by atoms with Gasteiger partial charge in [-0.25, -0.2) is 4.79 Å². The second-order valence-corrected chi connectivity index (χ2v) is 3.83. The van der Waals surface area contributed by atoms with Gasteiger partial charge in [-0.1, -0.05) is 12.1 Å². The molecule has 0 atom stereocenters. The molecule has 18 heavy (non-hydrogen) atoms. The third kappa shape index (κ3) is 3.97. The minimum atomic E-state index is -0.263. The molecule has 0 saturated carbocycles. The molecule has 6 nitrogen and oxygen atoms in total. The maximum Gasteiger partial charge on any atom is 0.321 e. The van der Waals surface area contributed by atoms with Crippen LogP contribution in [0.3, 0.4) is 0 Å². The van der Waals surface area contributed by atoms with Gasteiger partial charge in [-0.2, -0.15) is 0 Å². The van der Waals surface area contributed by atoms with Crippen molar-refractivity contribution in [3.63, 3.8) is 0 Å². The summed E-state index contributed by atoms with van der Waals surface area (Å²) in [7, 11) is 3.19. The van der Waals surface area contributed by atoms with Crippen LogP contribution < -0.4 is 15.8 Å². The number of rotatable bonds is 5. The van der Waals surface area contributed by atoms with Crippen LogP contribution in [0.5, 0.6) is 5.75 Å². The Balaban J connectivity index is 2.60. The first-order valence-electron chi connectivity index (χ1n) is 5.52. The lowest BCUT2D eigenvalue weighted by molar-refractivity contribution is 0.223. The molecule has 0 aromatic heterocycles. The number of carbonyl (C=O) groups excluding carboxylic acids is 1. The Morgan fingerprint density at radius 3 is 2.78 bits per heavy atom. The smallest absolute Gasteiger partial charge is 0.321 e. The van der Waals surface area contributed by atoms with Crippen LogP contribution in [-0.2, 0) is 0 Å². The van der Waals surface area contributed by atoms with Crippen LogP contribution in [0.15, 0.2) is 24.3 Å². The first kappa shape index (κ1) is 13.8. The average Bonchev–Trinajstić information content (AvgIpc) is 2.36. The van der Waals surface area contributed by atoms with Crippen LogP contribution in [-0.4, -0.2) is 37.5 Å². The number of anilines is 1. The number of ether oxygens (including phenoxy) is 1. The van der Waals surface area contributed by atoms with Gasteiger partial charge in [0.05, 0.1) is 18.6 Å². The number of benzene rings is 1. The summed E-state index contributed by atoms with van der Waals surface area (Å²) in [6, 6.07) is 6.91. The summed E-state index contributed by atoms with van der Waals surface area (Å²) in [6.45, 7) is 0.399. The summed E-state index contributed by atoms with van der Waals surface area (Å²) in [6.07, 6.45) is 0.357. The van der Waals surface area contributed by atoms with Crippen molar-refractivity contribution < 1.29 is 9.53 Å². The average molecular weight is 250 g/mol. The van der Waals surface area contributed by atoms with E-state index in [1.807, 2.05) is 12.1 Å². The Kier molecular flexibility index (Phi) is 4.98. The SMILES string of the molecule is COc1ccccc1NC(=O)N(C)CCC(=N)N. The Labute approximate surface area is 106 Å². The van der Waals surface area contributed by atoms with Gasteiger partial charge in [-0.05, 0) is 12.1 Å². The zero-order valence-corrected chi connectivity index (χ0v) is 10.6. The molecule has 0 radical (unpaired) electrons. The molecule has 6 heteroatoms. The molecule has 0 saturated heterocycles. The maximum absolute atomic E-state index is 11.8. The number of hydrogen-bond acceptors (Lipinski definition) is 3. The summed E-state index contributed by atoms with van der Waals surface area (Å²) < 4.78 is 5.14. The monoisotopic (exact) mass is 250 g/mol. The molecular formula is C12H18N4O2. The van der Waals surface area contributed by atoms with Gasteiger partial charge in [0, 0.05) is 20.0 Å². The second kappa shape index (κ2) is 6.48. The largest absolute Gasteiger partial charge is 0.495 e. The van der Waals surface area contributed by atoms with Gasteiger partial charge < -0.3 is 20.7 Å². The summed E-state index contributed by atoms with van der Waals surface area (Å²) in [5.74, 6) is 0.665. The van der Waals surface area contributed by atoms with Crippen LogP contribution in [0, 0.1) is 5.41 Å². The number of amidine groups is 1. The molecule has 1 rings (SSSR count). The first-order valence-corrected chi connectivity index (χ1v) is 5.52. The summed E-state index contributed by atoms with van der Waals surface area (Å²) >= 11 is 0. The van der Waals surface area contributed by atoms with E-state index in [0.717, 1.165) is 0 Å². The van der Waals surface area contributed by atoms with E-state index in [9.17, 15) is 4.79 Å². The zero-order chi connectivity index (χ0) is 13.5. The van der Waals surface area contributed by atoms with Crippen LogP contribution >= 0.6 is 0 Å². The number of nitrogens with zero attached hydrogens (tertiary/aromatic N) is 1. The van der Waals surface area contributed by atoms with Gasteiger partial charge in [0.1, 0.15) is 5.75 Å². The quantitative estimate of drug-likeness (QED) is 0.546. The number of hydrogen-bond donors (Lipinski definition) is 3. The molecule has 2 amide bonds. The van der Waals surface area contributed by atoms with Crippen LogP contribution in [0.1, 0.15) is 6.42 Å². The maximum atomic E-state index is 11.8. The Hall–Kier alpha value is -2.24. The molecule has 0 fully saturated rings. The van der Waals surface area contributed by atoms with E-state index in [1.54, 1.807) is 26.3 Å². The number of nitrogens with two attached hydrogens (primary N) is 1. The molecule has 0 aliphatic carbocycles. The van der Waals surface area contributed by atoms with E-state index in [4.69, 9.17) is 15.9 Å². The fraction of sp³-hybridized carbons (Fsp3) is 0.333. The van der Waals surface area contributed by atoms with Gasteiger partial charge in [0.2, 0.25) is 0 Å². The first-order chi connectivity index (χ1) is 8.54. The van der Waals surface area contributed by atoms with Crippen molar-refractivity contribution in [1.29, 1.82) is 5.41 Å². The van der Waals surface area contributed by atoms with Crippen molar-refractivity contribution in [2.45, 2.75) is 6.42 Å². The highest BCUT2D eigenvalue weighted by molar-refractivity contribution is 5.91. The predicted molar refractivity (Wildman–Crippen MR) is 71.2 cm³/mol. The van der Waals surface area contributed by atoms with Gasteiger partial charge >= 0.3 is 6.03 Å². The standard InChI is InChI=1S/C12H18N4O2/c1-16(8-7-11(13)14)12(17)15-9-5-3-4-6-10(9)18-2/h3-6H,7-8H2,1-2H3,(H3,13,14)(H,15,17). The highest BCUT2D eigenvalue weighted by atomic mass is 16.5. The van der Waals surface area contributed by atoms with Gasteiger partial charge in [0.15, 0.2) is 0 Å². The molecule has 0 spiro atoms. The number of nitrogens with one attached hydrogen (secondary N) is 2. The van der Waals surface area contributed by atoms with Gasteiger partial charge in [-0.3, -0.25) is 5.41 Å². The molecule has 0 unspecified atom stereocenters. The number of para-hydroxylation sites is 2. The molecule has 1 aromatic rings. The molecule has 1 aromatic carbocycles. The number of methoxy groups -OCH3 is 1. The molecule has 0 bridgehead atoms. The van der Waals surface area contributed by atoms with Crippen molar-refractivity contribution in [2.24, 2.45) is 5.73 Å². The van der Waals surface area contributed by atoms with Gasteiger partial charge in [-0.15, -0.1) is 0 Å². The van der Waals surface area contributed by atoms with Crippen LogP contribution in [0.25, 0.3) is 0 Å². The summed E-state index contributed by atoms with van der Waals surface area (Å²) in [5, 5.41) is 9.85. The third-order valence-electron chi connectivity index (χ3n) is 2.41. The molecule has 98 valence electrons. The molecular weight excluding hydrogens is 232 g/mol. The van der Waals surface area contributed by atoms with E-state index < -0.39 is 0 Å². The molecule has 0 aliphatic rings. The normalized spacial score (nSPS) is 9.67. The Morgan fingerprint density at radius 1 is 1.50 bits per heavy atom. The molecule has 4 N–H and O–H groups in total. The minimum Gasteiger partial charge on any atom is -0.495 e. The van der Waals surface area contributed by atoms with E-state index in [0.29, 0.717) is 24.4 Å². The molecule has 0 aliphatic heterocycles. The zero-order valence-electron chi connectivity index (χ0n) is 10.6. The van der Waals surface area contributed by atoms with Crippen LogP contribution in [0.2, 0.25) is 0 Å². The van der Waals surface area contributed by atoms with E-state index in [1.165, 1.54) is 4.90 Å². The van der Waals surface area contributed by atoms with Crippen molar-refractivity contribution in [1.82, 2.24) is 4.90 Å². The lowest BCUT2D eigenvalue weighted by Gasteiger charge is -2.18. The third-order valence-corrected chi connectivity index (χ3v) is 2.41. The van der Waals surface area contributed by atoms with Crippen molar-refractivity contribution in [3.05, 3.63) is 24.3 Å². The van der Waals surface area contributed by atoms with E-state index >= 15 is 0 Å². The molecule has 0 heterocycles.